The van der Waals surface area contributed by atoms with Gasteiger partial charge in [-0.15, -0.1) is 0 Å². The maximum atomic E-state index is 10.9. The molecule has 5 nitrogen and oxygen atoms in total. The van der Waals surface area contributed by atoms with E-state index in [1.54, 1.807) is 0 Å². The van der Waals surface area contributed by atoms with Crippen molar-refractivity contribution in [3.8, 4) is 0 Å². The summed E-state index contributed by atoms with van der Waals surface area (Å²) in [4.78, 5) is 4.53. The molecule has 49 heavy (non-hydrogen) atoms. The Morgan fingerprint density at radius 3 is 1.18 bits per heavy atom. The summed E-state index contributed by atoms with van der Waals surface area (Å²) in [5.41, 5.74) is 0. The summed E-state index contributed by atoms with van der Waals surface area (Å²) in [6, 6.07) is 0. The monoisotopic (exact) mass is 697 g/mol. The normalized spacial score (nSPS) is 14.6. The van der Waals surface area contributed by atoms with Crippen molar-refractivity contribution in [2.45, 2.75) is 239 Å². The summed E-state index contributed by atoms with van der Waals surface area (Å²) >= 11 is 0. The number of nitrogens with zero attached hydrogens (tertiary/aromatic N) is 2. The van der Waals surface area contributed by atoms with Crippen LogP contribution in [0.5, 0.6) is 0 Å². The van der Waals surface area contributed by atoms with E-state index in [1.165, 1.54) is 161 Å². The molecule has 4 unspecified atom stereocenters. The minimum absolute atomic E-state index is 0.275. The van der Waals surface area contributed by atoms with Crippen LogP contribution in [0.2, 0.25) is 0 Å². The molecule has 0 fully saturated rings. The molecule has 0 radical (unpaired) electrons. The van der Waals surface area contributed by atoms with Crippen molar-refractivity contribution in [3.05, 3.63) is 0 Å². The Bertz CT molecular complexity index is 635. The van der Waals surface area contributed by atoms with Crippen LogP contribution in [0.25, 0.3) is 0 Å². The molecule has 3 N–H and O–H groups in total. The van der Waals surface area contributed by atoms with Gasteiger partial charge in [0.25, 0.3) is 0 Å². The molecule has 0 aliphatic rings. The molecule has 296 valence electrons. The molecule has 0 aromatic carbocycles. The highest BCUT2D eigenvalue weighted by molar-refractivity contribution is 4.72. The third-order valence-corrected chi connectivity index (χ3v) is 11.0. The number of likely N-dealkylation sites (N-methyl/N-ethyl adjacent to an activating group) is 1. The van der Waals surface area contributed by atoms with Crippen molar-refractivity contribution < 1.29 is 15.3 Å². The fraction of sp³-hybridized carbons (Fsp3) is 1.00. The Kier molecular flexibility index (Phi) is 37.4. The first-order chi connectivity index (χ1) is 23.8. The van der Waals surface area contributed by atoms with Crippen LogP contribution in [0, 0.1) is 5.92 Å². The van der Waals surface area contributed by atoms with E-state index in [0.717, 1.165) is 51.7 Å². The fourth-order valence-corrected chi connectivity index (χ4v) is 7.30. The summed E-state index contributed by atoms with van der Waals surface area (Å²) in [5.74, 6) is 0.340. The second kappa shape index (κ2) is 37.6. The highest BCUT2D eigenvalue weighted by Gasteiger charge is 2.18. The van der Waals surface area contributed by atoms with Gasteiger partial charge in [-0.3, -0.25) is 4.90 Å². The van der Waals surface area contributed by atoms with Crippen molar-refractivity contribution in [2.24, 2.45) is 5.92 Å². The van der Waals surface area contributed by atoms with Crippen molar-refractivity contribution in [2.75, 3.05) is 39.8 Å². The molecule has 0 aliphatic heterocycles. The zero-order valence-corrected chi connectivity index (χ0v) is 34.3. The van der Waals surface area contributed by atoms with E-state index in [9.17, 15) is 15.3 Å². The van der Waals surface area contributed by atoms with Crippen LogP contribution in [0.4, 0.5) is 0 Å². The topological polar surface area (TPSA) is 67.2 Å². The fourth-order valence-electron chi connectivity index (χ4n) is 7.30. The highest BCUT2D eigenvalue weighted by Crippen LogP contribution is 2.18. The molecule has 0 aromatic heterocycles. The molecule has 5 heteroatoms. The van der Waals surface area contributed by atoms with Crippen LogP contribution in [0.15, 0.2) is 0 Å². The van der Waals surface area contributed by atoms with Crippen LogP contribution < -0.4 is 0 Å². The van der Waals surface area contributed by atoms with Gasteiger partial charge in [-0.25, -0.2) is 0 Å². The summed E-state index contributed by atoms with van der Waals surface area (Å²) < 4.78 is 0. The minimum Gasteiger partial charge on any atom is -0.392 e. The number of aliphatic hydroxyl groups excluding tert-OH is 3. The molecule has 0 aromatic rings. The lowest BCUT2D eigenvalue weighted by Gasteiger charge is -2.29. The van der Waals surface area contributed by atoms with Crippen LogP contribution in [0.3, 0.4) is 0 Å². The lowest BCUT2D eigenvalue weighted by Crippen LogP contribution is -2.40. The van der Waals surface area contributed by atoms with Gasteiger partial charge in [-0.1, -0.05) is 195 Å². The molecule has 0 amide bonds. The van der Waals surface area contributed by atoms with Gasteiger partial charge in [0.15, 0.2) is 0 Å². The summed E-state index contributed by atoms with van der Waals surface area (Å²) in [6.45, 7) is 12.6. The minimum atomic E-state index is -0.339. The van der Waals surface area contributed by atoms with E-state index in [4.69, 9.17) is 0 Å². The van der Waals surface area contributed by atoms with Gasteiger partial charge in [0.05, 0.1) is 18.3 Å². The van der Waals surface area contributed by atoms with Gasteiger partial charge < -0.3 is 20.2 Å². The molecule has 0 bridgehead atoms. The lowest BCUT2D eigenvalue weighted by molar-refractivity contribution is 0.0565. The zero-order valence-electron chi connectivity index (χ0n) is 34.3. The summed E-state index contributed by atoms with van der Waals surface area (Å²) in [7, 11) is 2.12. The Morgan fingerprint density at radius 2 is 0.776 bits per heavy atom. The maximum absolute atomic E-state index is 10.9. The maximum Gasteiger partial charge on any atom is 0.0692 e. The number of aliphatic hydroxyl groups is 3. The molecule has 0 aliphatic carbocycles. The van der Waals surface area contributed by atoms with Gasteiger partial charge in [-0.05, 0) is 51.7 Å². The van der Waals surface area contributed by atoms with Crippen LogP contribution in [0.1, 0.15) is 220 Å². The van der Waals surface area contributed by atoms with Gasteiger partial charge in [0, 0.05) is 19.6 Å². The molecule has 0 saturated heterocycles. The SMILES string of the molecule is CCCCCCCCCCCCCCCCC(O)CN(CCCN(C)CC(O)C(C)CCCCCCCCCCCCCC)CC(O)CC. The number of unbranched alkanes of at least 4 members (excludes halogenated alkanes) is 24. The molecule has 0 heterocycles. The standard InChI is InChI=1S/C44H92N2O3/c1-6-9-11-13-15-17-19-21-22-24-26-28-30-32-35-43(48)39-46(38-42(47)8-3)37-33-36-45(5)40-44(49)41(4)34-31-29-27-25-23-20-18-16-14-12-10-7-2/h41-44,47-49H,6-40H2,1-5H3. The van der Waals surface area contributed by atoms with Gasteiger partial charge in [-0.2, -0.15) is 0 Å². The molecule has 4 atom stereocenters. The summed E-state index contributed by atoms with van der Waals surface area (Å²) in [6.07, 6.45) is 38.2. The van der Waals surface area contributed by atoms with Crippen LogP contribution in [-0.4, -0.2) is 83.2 Å². The number of hydrogen-bond acceptors (Lipinski definition) is 5. The van der Waals surface area contributed by atoms with Crippen LogP contribution >= 0.6 is 0 Å². The Labute approximate surface area is 308 Å². The van der Waals surface area contributed by atoms with E-state index in [0.29, 0.717) is 19.0 Å². The lowest BCUT2D eigenvalue weighted by atomic mass is 9.96. The van der Waals surface area contributed by atoms with Gasteiger partial charge in [0.1, 0.15) is 0 Å². The Balaban J connectivity index is 3.99. The van der Waals surface area contributed by atoms with Crippen LogP contribution in [-0.2, 0) is 0 Å². The Morgan fingerprint density at radius 1 is 0.408 bits per heavy atom. The highest BCUT2D eigenvalue weighted by atomic mass is 16.3. The zero-order chi connectivity index (χ0) is 36.2. The van der Waals surface area contributed by atoms with E-state index in [2.05, 4.69) is 37.6 Å². The predicted octanol–water partition coefficient (Wildman–Crippen LogP) is 11.7. The summed E-state index contributed by atoms with van der Waals surface area (Å²) in [5, 5.41) is 32.0. The molecule has 0 spiro atoms. The predicted molar refractivity (Wildman–Crippen MR) is 217 cm³/mol. The van der Waals surface area contributed by atoms with Crippen molar-refractivity contribution in [1.29, 1.82) is 0 Å². The third kappa shape index (κ3) is 34.6. The van der Waals surface area contributed by atoms with E-state index >= 15 is 0 Å². The molecular weight excluding hydrogens is 604 g/mol. The van der Waals surface area contributed by atoms with Gasteiger partial charge >= 0.3 is 0 Å². The largest absolute Gasteiger partial charge is 0.392 e. The van der Waals surface area contributed by atoms with E-state index in [-0.39, 0.29) is 18.3 Å². The Hall–Kier alpha value is -0.200. The second-order valence-corrected chi connectivity index (χ2v) is 16.2. The van der Waals surface area contributed by atoms with E-state index < -0.39 is 0 Å². The average molecular weight is 697 g/mol. The van der Waals surface area contributed by atoms with Gasteiger partial charge in [0.2, 0.25) is 0 Å². The average Bonchev–Trinajstić information content (AvgIpc) is 3.08. The molecule has 0 saturated carbocycles. The molecular formula is C44H92N2O3. The number of rotatable bonds is 40. The first-order valence-corrected chi connectivity index (χ1v) is 22.3. The molecule has 0 rings (SSSR count). The number of hydrogen-bond donors (Lipinski definition) is 3. The third-order valence-electron chi connectivity index (χ3n) is 11.0. The van der Waals surface area contributed by atoms with Crippen molar-refractivity contribution in [3.63, 3.8) is 0 Å². The second-order valence-electron chi connectivity index (χ2n) is 16.2. The quantitative estimate of drug-likeness (QED) is 0.0557. The van der Waals surface area contributed by atoms with Crippen molar-refractivity contribution >= 4 is 0 Å². The van der Waals surface area contributed by atoms with Crippen molar-refractivity contribution in [1.82, 2.24) is 9.80 Å². The first kappa shape index (κ1) is 48.8. The van der Waals surface area contributed by atoms with E-state index in [1.807, 2.05) is 6.92 Å². The smallest absolute Gasteiger partial charge is 0.0692 e. The first-order valence-electron chi connectivity index (χ1n) is 22.3.